The van der Waals surface area contributed by atoms with Crippen molar-refractivity contribution in [2.45, 2.75) is 13.2 Å². The van der Waals surface area contributed by atoms with E-state index >= 15 is 0 Å². The van der Waals surface area contributed by atoms with Gasteiger partial charge in [0.1, 0.15) is 12.4 Å². The number of nitrogens with two attached hydrogens (primary N) is 1. The van der Waals surface area contributed by atoms with E-state index in [2.05, 4.69) is 15.5 Å². The first-order valence-electron chi connectivity index (χ1n) is 5.03. The van der Waals surface area contributed by atoms with Crippen molar-refractivity contribution >= 4 is 0 Å². The van der Waals surface area contributed by atoms with E-state index in [1.807, 2.05) is 30.3 Å². The van der Waals surface area contributed by atoms with E-state index in [0.29, 0.717) is 25.5 Å². The van der Waals surface area contributed by atoms with Gasteiger partial charge in [0.25, 0.3) is 0 Å². The number of tetrazole rings is 1. The molecule has 6 nitrogen and oxygen atoms in total. The van der Waals surface area contributed by atoms with Crippen molar-refractivity contribution in [1.29, 1.82) is 0 Å². The second-order valence-electron chi connectivity index (χ2n) is 3.21. The third-order valence-corrected chi connectivity index (χ3v) is 2.06. The molecule has 0 aliphatic carbocycles. The van der Waals surface area contributed by atoms with E-state index in [4.69, 9.17) is 10.5 Å². The molecule has 2 rings (SSSR count). The minimum absolute atomic E-state index is 0.344. The molecule has 1 heterocycles. The van der Waals surface area contributed by atoms with Gasteiger partial charge >= 0.3 is 0 Å². The zero-order valence-electron chi connectivity index (χ0n) is 8.78. The fourth-order valence-corrected chi connectivity index (χ4v) is 1.29. The number of para-hydroxylation sites is 1. The molecule has 0 bridgehead atoms. The summed E-state index contributed by atoms with van der Waals surface area (Å²) >= 11 is 0. The van der Waals surface area contributed by atoms with Gasteiger partial charge in [0, 0.05) is 6.54 Å². The van der Waals surface area contributed by atoms with Crippen LogP contribution in [0.2, 0.25) is 0 Å². The molecule has 2 N–H and O–H groups in total. The lowest BCUT2D eigenvalue weighted by atomic mass is 10.3. The third kappa shape index (κ3) is 2.54. The van der Waals surface area contributed by atoms with Crippen LogP contribution in [0.1, 0.15) is 5.82 Å². The molecule has 0 unspecified atom stereocenters. The highest BCUT2D eigenvalue weighted by Crippen LogP contribution is 2.09. The van der Waals surface area contributed by atoms with Gasteiger partial charge in [-0.15, -0.1) is 5.10 Å². The van der Waals surface area contributed by atoms with E-state index in [1.165, 1.54) is 0 Å². The molecule has 0 amide bonds. The normalized spacial score (nSPS) is 10.3. The monoisotopic (exact) mass is 219 g/mol. The first kappa shape index (κ1) is 10.6. The Morgan fingerprint density at radius 3 is 2.81 bits per heavy atom. The second kappa shape index (κ2) is 5.22. The van der Waals surface area contributed by atoms with Crippen molar-refractivity contribution in [3.8, 4) is 5.75 Å². The standard InChI is InChI=1S/C10H13N5O/c11-6-7-15-10(12-13-14-15)8-16-9-4-2-1-3-5-9/h1-5H,6-8,11H2. The minimum Gasteiger partial charge on any atom is -0.486 e. The predicted octanol–water partition coefficient (Wildman–Crippen LogP) is 0.211. The SMILES string of the molecule is NCCn1nnnc1COc1ccccc1. The summed E-state index contributed by atoms with van der Waals surface area (Å²) in [5, 5.41) is 11.3. The lowest BCUT2D eigenvalue weighted by molar-refractivity contribution is 0.286. The molecule has 0 aliphatic rings. The molecule has 2 aromatic rings. The molecule has 0 aliphatic heterocycles. The quantitative estimate of drug-likeness (QED) is 0.777. The number of aromatic nitrogens is 4. The van der Waals surface area contributed by atoms with Crippen LogP contribution >= 0.6 is 0 Å². The molecule has 6 heteroatoms. The third-order valence-electron chi connectivity index (χ3n) is 2.06. The van der Waals surface area contributed by atoms with E-state index < -0.39 is 0 Å². The summed E-state index contributed by atoms with van der Waals surface area (Å²) < 4.78 is 7.18. The summed E-state index contributed by atoms with van der Waals surface area (Å²) in [5.74, 6) is 1.47. The van der Waals surface area contributed by atoms with Gasteiger partial charge < -0.3 is 10.5 Å². The van der Waals surface area contributed by atoms with Gasteiger partial charge in [-0.25, -0.2) is 4.68 Å². The number of hydrogen-bond acceptors (Lipinski definition) is 5. The molecule has 0 radical (unpaired) electrons. The summed E-state index contributed by atoms with van der Waals surface area (Å²) in [6, 6.07) is 9.54. The summed E-state index contributed by atoms with van der Waals surface area (Å²) in [4.78, 5) is 0. The van der Waals surface area contributed by atoms with Gasteiger partial charge in [0.2, 0.25) is 0 Å². The number of rotatable bonds is 5. The molecular formula is C10H13N5O. The van der Waals surface area contributed by atoms with Crippen LogP contribution in [0.3, 0.4) is 0 Å². The highest BCUT2D eigenvalue weighted by atomic mass is 16.5. The van der Waals surface area contributed by atoms with Crippen molar-refractivity contribution < 1.29 is 4.74 Å². The smallest absolute Gasteiger partial charge is 0.189 e. The number of nitrogens with zero attached hydrogens (tertiary/aromatic N) is 4. The van der Waals surface area contributed by atoms with Gasteiger partial charge in [-0.05, 0) is 22.6 Å². The topological polar surface area (TPSA) is 78.9 Å². The van der Waals surface area contributed by atoms with E-state index in [1.54, 1.807) is 4.68 Å². The molecular weight excluding hydrogens is 206 g/mol. The van der Waals surface area contributed by atoms with Crippen LogP contribution in [0.5, 0.6) is 5.75 Å². The molecule has 0 saturated heterocycles. The highest BCUT2D eigenvalue weighted by Gasteiger charge is 2.05. The molecule has 84 valence electrons. The zero-order valence-corrected chi connectivity index (χ0v) is 8.78. The highest BCUT2D eigenvalue weighted by molar-refractivity contribution is 5.20. The molecule has 0 spiro atoms. The summed E-state index contributed by atoms with van der Waals surface area (Å²) in [7, 11) is 0. The molecule has 1 aromatic heterocycles. The number of ether oxygens (including phenoxy) is 1. The summed E-state index contributed by atoms with van der Waals surface area (Å²) in [6.45, 7) is 1.45. The summed E-state index contributed by atoms with van der Waals surface area (Å²) in [5.41, 5.74) is 5.44. The Balaban J connectivity index is 1.97. The summed E-state index contributed by atoms with van der Waals surface area (Å²) in [6.07, 6.45) is 0. The second-order valence-corrected chi connectivity index (χ2v) is 3.21. The molecule has 0 atom stereocenters. The van der Waals surface area contributed by atoms with Crippen LogP contribution in [0.15, 0.2) is 30.3 Å². The van der Waals surface area contributed by atoms with Crippen LogP contribution in [0.25, 0.3) is 0 Å². The van der Waals surface area contributed by atoms with Crippen molar-refractivity contribution in [1.82, 2.24) is 20.2 Å². The average molecular weight is 219 g/mol. The maximum absolute atomic E-state index is 5.53. The molecule has 16 heavy (non-hydrogen) atoms. The van der Waals surface area contributed by atoms with E-state index in [-0.39, 0.29) is 0 Å². The molecule has 0 saturated carbocycles. The first-order valence-corrected chi connectivity index (χ1v) is 5.03. The van der Waals surface area contributed by atoms with Gasteiger partial charge in [0.15, 0.2) is 5.82 Å². The van der Waals surface area contributed by atoms with Gasteiger partial charge in [-0.1, -0.05) is 18.2 Å². The average Bonchev–Trinajstić information content (AvgIpc) is 2.76. The van der Waals surface area contributed by atoms with Crippen LogP contribution in [-0.4, -0.2) is 26.8 Å². The zero-order chi connectivity index (χ0) is 11.2. The lowest BCUT2D eigenvalue weighted by Gasteiger charge is -2.05. The Hall–Kier alpha value is -1.95. The lowest BCUT2D eigenvalue weighted by Crippen LogP contribution is -2.15. The first-order chi connectivity index (χ1) is 7.90. The maximum Gasteiger partial charge on any atom is 0.189 e. The fraction of sp³-hybridized carbons (Fsp3) is 0.300. The van der Waals surface area contributed by atoms with Crippen molar-refractivity contribution in [3.05, 3.63) is 36.2 Å². The molecule has 0 fully saturated rings. The van der Waals surface area contributed by atoms with Crippen LogP contribution in [0, 0.1) is 0 Å². The number of hydrogen-bond donors (Lipinski definition) is 1. The number of benzene rings is 1. The Bertz CT molecular complexity index is 428. The minimum atomic E-state index is 0.344. The van der Waals surface area contributed by atoms with Crippen molar-refractivity contribution in [2.24, 2.45) is 5.73 Å². The largest absolute Gasteiger partial charge is 0.486 e. The van der Waals surface area contributed by atoms with Crippen molar-refractivity contribution in [3.63, 3.8) is 0 Å². The Morgan fingerprint density at radius 2 is 2.06 bits per heavy atom. The maximum atomic E-state index is 5.53. The Kier molecular flexibility index (Phi) is 3.45. The van der Waals surface area contributed by atoms with Crippen LogP contribution < -0.4 is 10.5 Å². The van der Waals surface area contributed by atoms with Gasteiger partial charge in [-0.2, -0.15) is 0 Å². The molecule has 1 aromatic carbocycles. The van der Waals surface area contributed by atoms with Crippen LogP contribution in [0.4, 0.5) is 0 Å². The van der Waals surface area contributed by atoms with Gasteiger partial charge in [-0.3, -0.25) is 0 Å². The van der Waals surface area contributed by atoms with Crippen molar-refractivity contribution in [2.75, 3.05) is 6.54 Å². The Labute approximate surface area is 93.0 Å². The van der Waals surface area contributed by atoms with E-state index in [0.717, 1.165) is 5.75 Å². The van der Waals surface area contributed by atoms with Crippen LogP contribution in [-0.2, 0) is 13.2 Å². The Morgan fingerprint density at radius 1 is 1.25 bits per heavy atom. The predicted molar refractivity (Wildman–Crippen MR) is 57.6 cm³/mol. The van der Waals surface area contributed by atoms with Gasteiger partial charge in [0.05, 0.1) is 6.54 Å². The fourth-order valence-electron chi connectivity index (χ4n) is 1.29. The van der Waals surface area contributed by atoms with E-state index in [9.17, 15) is 0 Å².